The molecule has 0 fully saturated rings. The summed E-state index contributed by atoms with van der Waals surface area (Å²) in [4.78, 5) is 13.8. The van der Waals surface area contributed by atoms with Crippen molar-refractivity contribution in [2.75, 3.05) is 7.05 Å². The van der Waals surface area contributed by atoms with Gasteiger partial charge in [0.1, 0.15) is 5.69 Å². The fourth-order valence-electron chi connectivity index (χ4n) is 3.14. The molecule has 2 heterocycles. The van der Waals surface area contributed by atoms with E-state index in [1.807, 2.05) is 32.3 Å². The van der Waals surface area contributed by atoms with Crippen molar-refractivity contribution < 1.29 is 0 Å². The maximum absolute atomic E-state index is 4.82. The van der Waals surface area contributed by atoms with E-state index in [4.69, 9.17) is 4.98 Å². The van der Waals surface area contributed by atoms with Gasteiger partial charge >= 0.3 is 0 Å². The molecule has 2 aromatic heterocycles. The monoisotopic (exact) mass is 282 g/mol. The van der Waals surface area contributed by atoms with Crippen LogP contribution in [0.3, 0.4) is 0 Å². The average Bonchev–Trinajstić information content (AvgIpc) is 2.45. The highest BCUT2D eigenvalue weighted by molar-refractivity contribution is 5.54. The smallest absolute Gasteiger partial charge is 0.178 e. The van der Waals surface area contributed by atoms with Crippen LogP contribution in [0, 0.1) is 12.3 Å². The first-order valence-corrected chi connectivity index (χ1v) is 7.45. The highest BCUT2D eigenvalue weighted by Gasteiger charge is 2.33. The number of nitrogens with zero attached hydrogens (tertiary/aromatic N) is 3. The Bertz CT molecular complexity index is 664. The Kier molecular flexibility index (Phi) is 3.49. The molecule has 0 saturated carbocycles. The molecule has 4 nitrogen and oxygen atoms in total. The maximum atomic E-state index is 4.82. The van der Waals surface area contributed by atoms with Crippen LogP contribution in [0.1, 0.15) is 43.1 Å². The lowest BCUT2D eigenvalue weighted by molar-refractivity contribution is 0.260. The Morgan fingerprint density at radius 2 is 2.10 bits per heavy atom. The summed E-state index contributed by atoms with van der Waals surface area (Å²) in [6.07, 6.45) is 5.87. The molecule has 0 amide bonds. The van der Waals surface area contributed by atoms with Gasteiger partial charge in [-0.15, -0.1) is 0 Å². The largest absolute Gasteiger partial charge is 0.313 e. The molecule has 0 saturated heterocycles. The Hall–Kier alpha value is -1.81. The fraction of sp³-hybridized carbons (Fsp3) is 0.471. The molecular weight excluding hydrogens is 260 g/mol. The van der Waals surface area contributed by atoms with E-state index >= 15 is 0 Å². The summed E-state index contributed by atoms with van der Waals surface area (Å²) in [6.45, 7) is 6.65. The van der Waals surface area contributed by atoms with Crippen LogP contribution in [0.15, 0.2) is 24.5 Å². The summed E-state index contributed by atoms with van der Waals surface area (Å²) in [7, 11) is 2.01. The van der Waals surface area contributed by atoms with Gasteiger partial charge in [0.25, 0.3) is 0 Å². The third-order valence-corrected chi connectivity index (χ3v) is 4.25. The zero-order valence-corrected chi connectivity index (χ0v) is 13.1. The molecule has 21 heavy (non-hydrogen) atoms. The molecule has 3 rings (SSSR count). The molecule has 4 heteroatoms. The van der Waals surface area contributed by atoms with Crippen LogP contribution in [-0.2, 0) is 6.42 Å². The molecule has 1 aliphatic rings. The number of nitrogens with one attached hydrogen (secondary N) is 1. The summed E-state index contributed by atoms with van der Waals surface area (Å²) in [5, 5.41) is 3.39. The SMILES string of the molecule is CNC1CC(C)(C)Cc2nc(-c3ncccc3C)ncc21. The van der Waals surface area contributed by atoms with Gasteiger partial charge in [0.2, 0.25) is 0 Å². The highest BCUT2D eigenvalue weighted by atomic mass is 15.0. The first kappa shape index (κ1) is 14.1. The van der Waals surface area contributed by atoms with Crippen LogP contribution in [0.5, 0.6) is 0 Å². The molecular formula is C17H22N4. The van der Waals surface area contributed by atoms with E-state index in [0.717, 1.165) is 35.6 Å². The average molecular weight is 282 g/mol. The number of fused-ring (bicyclic) bond motifs is 1. The second-order valence-electron chi connectivity index (χ2n) is 6.65. The van der Waals surface area contributed by atoms with Gasteiger partial charge in [-0.05, 0) is 43.9 Å². The van der Waals surface area contributed by atoms with Crippen LogP contribution in [0.4, 0.5) is 0 Å². The van der Waals surface area contributed by atoms with Crippen molar-refractivity contribution in [2.45, 2.75) is 39.7 Å². The number of hydrogen-bond acceptors (Lipinski definition) is 4. The zero-order chi connectivity index (χ0) is 15.0. The van der Waals surface area contributed by atoms with Crippen molar-refractivity contribution in [2.24, 2.45) is 5.41 Å². The van der Waals surface area contributed by atoms with Crippen LogP contribution < -0.4 is 5.32 Å². The second-order valence-corrected chi connectivity index (χ2v) is 6.65. The van der Waals surface area contributed by atoms with Gasteiger partial charge in [0.05, 0.1) is 0 Å². The second kappa shape index (κ2) is 5.19. The maximum Gasteiger partial charge on any atom is 0.178 e. The normalized spacial score (nSPS) is 20.1. The Morgan fingerprint density at radius 1 is 1.29 bits per heavy atom. The minimum Gasteiger partial charge on any atom is -0.313 e. The molecule has 0 aromatic carbocycles. The van der Waals surface area contributed by atoms with Gasteiger partial charge in [-0.25, -0.2) is 9.97 Å². The molecule has 0 aliphatic heterocycles. The van der Waals surface area contributed by atoms with E-state index in [2.05, 4.69) is 29.1 Å². The topological polar surface area (TPSA) is 50.7 Å². The Morgan fingerprint density at radius 3 is 2.81 bits per heavy atom. The van der Waals surface area contributed by atoms with E-state index in [9.17, 15) is 0 Å². The molecule has 0 spiro atoms. The minimum atomic E-state index is 0.255. The zero-order valence-electron chi connectivity index (χ0n) is 13.1. The molecule has 1 aliphatic carbocycles. The number of aryl methyl sites for hydroxylation is 1. The van der Waals surface area contributed by atoms with Gasteiger partial charge in [-0.3, -0.25) is 4.98 Å². The third-order valence-electron chi connectivity index (χ3n) is 4.25. The third kappa shape index (κ3) is 2.68. The van der Waals surface area contributed by atoms with E-state index in [-0.39, 0.29) is 5.41 Å². The molecule has 1 atom stereocenters. The molecule has 2 aromatic rings. The van der Waals surface area contributed by atoms with Crippen LogP contribution in [0.2, 0.25) is 0 Å². The summed E-state index contributed by atoms with van der Waals surface area (Å²) < 4.78 is 0. The lowest BCUT2D eigenvalue weighted by Gasteiger charge is -2.36. The first-order chi connectivity index (χ1) is 10.00. The summed E-state index contributed by atoms with van der Waals surface area (Å²) >= 11 is 0. The molecule has 0 bridgehead atoms. The quantitative estimate of drug-likeness (QED) is 0.919. The van der Waals surface area contributed by atoms with Gasteiger partial charge in [-0.1, -0.05) is 19.9 Å². The van der Waals surface area contributed by atoms with Crippen molar-refractivity contribution in [3.63, 3.8) is 0 Å². The predicted octanol–water partition coefficient (Wildman–Crippen LogP) is 3.08. The van der Waals surface area contributed by atoms with Crippen molar-refractivity contribution >= 4 is 0 Å². The molecule has 110 valence electrons. The van der Waals surface area contributed by atoms with Gasteiger partial charge in [-0.2, -0.15) is 0 Å². The standard InChI is InChI=1S/C17H22N4/c1-11-6-5-7-19-15(11)16-20-10-12-13(18-4)8-17(2,3)9-14(12)21-16/h5-7,10,13,18H,8-9H2,1-4H3. The van der Waals surface area contributed by atoms with E-state index < -0.39 is 0 Å². The van der Waals surface area contributed by atoms with Crippen molar-refractivity contribution in [3.8, 4) is 11.5 Å². The first-order valence-electron chi connectivity index (χ1n) is 7.45. The number of pyridine rings is 1. The van der Waals surface area contributed by atoms with E-state index in [1.165, 1.54) is 5.56 Å². The highest BCUT2D eigenvalue weighted by Crippen LogP contribution is 2.39. The van der Waals surface area contributed by atoms with Crippen LogP contribution >= 0.6 is 0 Å². The Labute approximate surface area is 126 Å². The molecule has 1 unspecified atom stereocenters. The number of hydrogen-bond donors (Lipinski definition) is 1. The van der Waals surface area contributed by atoms with Crippen molar-refractivity contribution in [3.05, 3.63) is 41.3 Å². The summed E-state index contributed by atoms with van der Waals surface area (Å²) in [6, 6.07) is 4.32. The lowest BCUT2D eigenvalue weighted by Crippen LogP contribution is -2.32. The van der Waals surface area contributed by atoms with Gasteiger partial charge in [0.15, 0.2) is 5.82 Å². The number of aromatic nitrogens is 3. The van der Waals surface area contributed by atoms with Gasteiger partial charge in [0, 0.05) is 29.7 Å². The molecule has 0 radical (unpaired) electrons. The Balaban J connectivity index is 2.07. The van der Waals surface area contributed by atoms with Crippen molar-refractivity contribution in [1.29, 1.82) is 0 Å². The minimum absolute atomic E-state index is 0.255. The number of rotatable bonds is 2. The van der Waals surface area contributed by atoms with E-state index in [1.54, 1.807) is 6.20 Å². The van der Waals surface area contributed by atoms with E-state index in [0.29, 0.717) is 6.04 Å². The molecule has 1 N–H and O–H groups in total. The fourth-order valence-corrected chi connectivity index (χ4v) is 3.14. The van der Waals surface area contributed by atoms with Crippen LogP contribution in [0.25, 0.3) is 11.5 Å². The van der Waals surface area contributed by atoms with Crippen LogP contribution in [-0.4, -0.2) is 22.0 Å². The summed E-state index contributed by atoms with van der Waals surface area (Å²) in [5.74, 6) is 0.736. The van der Waals surface area contributed by atoms with Crippen molar-refractivity contribution in [1.82, 2.24) is 20.3 Å². The predicted molar refractivity (Wildman–Crippen MR) is 83.9 cm³/mol. The lowest BCUT2D eigenvalue weighted by atomic mass is 9.74. The summed E-state index contributed by atoms with van der Waals surface area (Å²) in [5.41, 5.74) is 4.63. The van der Waals surface area contributed by atoms with Gasteiger partial charge < -0.3 is 5.32 Å².